The number of carbonyl (C=O) groups excluding carboxylic acids is 1. The third-order valence-electron chi connectivity index (χ3n) is 3.49. The van der Waals surface area contributed by atoms with Crippen LogP contribution in [0.2, 0.25) is 0 Å². The molecule has 4 heteroatoms. The highest BCUT2D eigenvalue weighted by Crippen LogP contribution is 2.32. The normalized spacial score (nSPS) is 23.7. The van der Waals surface area contributed by atoms with Gasteiger partial charge in [-0.3, -0.25) is 0 Å². The molecule has 18 heavy (non-hydrogen) atoms. The van der Waals surface area contributed by atoms with Crippen LogP contribution in [-0.2, 0) is 14.3 Å². The zero-order valence-electron chi connectivity index (χ0n) is 11.1. The van der Waals surface area contributed by atoms with Crippen LogP contribution in [0.3, 0.4) is 0 Å². The van der Waals surface area contributed by atoms with Crippen LogP contribution >= 0.6 is 0 Å². The zero-order chi connectivity index (χ0) is 13.0. The number of nitrogens with zero attached hydrogens (tertiary/aromatic N) is 1. The first-order chi connectivity index (χ1) is 8.77. The standard InChI is InChI=1S/C14H21NO3/c1-3-18-13-9-8-11(14(16)17-2)12-7-5-4-6-10-15(12)13/h4,6,13H,3,5,7-10H2,1-2H3. The molecule has 1 unspecified atom stereocenters. The summed E-state index contributed by atoms with van der Waals surface area (Å²) in [5, 5.41) is 0. The van der Waals surface area contributed by atoms with E-state index in [1.807, 2.05) is 6.92 Å². The lowest BCUT2D eigenvalue weighted by Gasteiger charge is -2.38. The second kappa shape index (κ2) is 6.05. The minimum absolute atomic E-state index is 0.0983. The molecule has 0 radical (unpaired) electrons. The maximum Gasteiger partial charge on any atom is 0.335 e. The van der Waals surface area contributed by atoms with Gasteiger partial charge in [0.25, 0.3) is 0 Å². The van der Waals surface area contributed by atoms with Crippen molar-refractivity contribution < 1.29 is 14.3 Å². The third-order valence-corrected chi connectivity index (χ3v) is 3.49. The molecule has 0 aromatic rings. The van der Waals surface area contributed by atoms with Crippen LogP contribution in [0.15, 0.2) is 23.4 Å². The van der Waals surface area contributed by atoms with Crippen LogP contribution < -0.4 is 0 Å². The predicted octanol–water partition coefficient (Wildman–Crippen LogP) is 2.22. The zero-order valence-corrected chi connectivity index (χ0v) is 11.1. The molecule has 2 rings (SSSR count). The van der Waals surface area contributed by atoms with E-state index in [0.29, 0.717) is 6.61 Å². The van der Waals surface area contributed by atoms with E-state index in [9.17, 15) is 4.79 Å². The van der Waals surface area contributed by atoms with Crippen LogP contribution in [0.4, 0.5) is 0 Å². The van der Waals surface area contributed by atoms with Crippen molar-refractivity contribution in [3.8, 4) is 0 Å². The van der Waals surface area contributed by atoms with Crippen LogP contribution in [-0.4, -0.2) is 37.4 Å². The van der Waals surface area contributed by atoms with Crippen molar-refractivity contribution in [2.75, 3.05) is 20.3 Å². The lowest BCUT2D eigenvalue weighted by atomic mass is 9.98. The minimum atomic E-state index is -0.188. The van der Waals surface area contributed by atoms with Gasteiger partial charge in [-0.25, -0.2) is 4.79 Å². The van der Waals surface area contributed by atoms with Gasteiger partial charge in [-0.05, 0) is 32.6 Å². The highest BCUT2D eigenvalue weighted by molar-refractivity contribution is 5.89. The van der Waals surface area contributed by atoms with Crippen molar-refractivity contribution in [3.05, 3.63) is 23.4 Å². The molecule has 2 aliphatic heterocycles. The van der Waals surface area contributed by atoms with Crippen LogP contribution in [0.5, 0.6) is 0 Å². The van der Waals surface area contributed by atoms with Gasteiger partial charge < -0.3 is 14.4 Å². The van der Waals surface area contributed by atoms with Gasteiger partial charge >= 0.3 is 5.97 Å². The van der Waals surface area contributed by atoms with E-state index in [1.54, 1.807) is 0 Å². The number of esters is 1. The molecule has 0 bridgehead atoms. The summed E-state index contributed by atoms with van der Waals surface area (Å²) in [6.07, 6.45) is 7.90. The van der Waals surface area contributed by atoms with Gasteiger partial charge in [0.05, 0.1) is 12.7 Å². The second-order valence-corrected chi connectivity index (χ2v) is 4.53. The largest absolute Gasteiger partial charge is 0.466 e. The molecule has 0 aliphatic carbocycles. The summed E-state index contributed by atoms with van der Waals surface area (Å²) in [6, 6.07) is 0. The van der Waals surface area contributed by atoms with Crippen molar-refractivity contribution in [1.29, 1.82) is 0 Å². The van der Waals surface area contributed by atoms with E-state index in [1.165, 1.54) is 7.11 Å². The summed E-state index contributed by atoms with van der Waals surface area (Å²) < 4.78 is 10.7. The summed E-state index contributed by atoms with van der Waals surface area (Å²) in [4.78, 5) is 14.0. The number of allylic oxidation sites excluding steroid dienone is 2. The van der Waals surface area contributed by atoms with Crippen LogP contribution in [0, 0.1) is 0 Å². The molecule has 0 aromatic heterocycles. The van der Waals surface area contributed by atoms with Gasteiger partial charge in [-0.2, -0.15) is 0 Å². The van der Waals surface area contributed by atoms with Crippen molar-refractivity contribution in [2.45, 2.75) is 38.8 Å². The van der Waals surface area contributed by atoms with Crippen molar-refractivity contribution in [2.24, 2.45) is 0 Å². The first kappa shape index (κ1) is 13.1. The fourth-order valence-corrected chi connectivity index (χ4v) is 2.67. The van der Waals surface area contributed by atoms with Crippen molar-refractivity contribution in [1.82, 2.24) is 4.90 Å². The van der Waals surface area contributed by atoms with Gasteiger partial charge in [0, 0.05) is 18.8 Å². The Bertz CT molecular complexity index is 373. The van der Waals surface area contributed by atoms with Gasteiger partial charge in [0.2, 0.25) is 0 Å². The maximum atomic E-state index is 11.8. The Labute approximate surface area is 108 Å². The van der Waals surface area contributed by atoms with E-state index in [2.05, 4.69) is 17.1 Å². The molecular weight excluding hydrogens is 230 g/mol. The SMILES string of the molecule is CCOC1CCC(C(=O)OC)=C2CCC=CCN21. The van der Waals surface area contributed by atoms with Gasteiger partial charge in [0.15, 0.2) is 0 Å². The molecule has 1 atom stereocenters. The minimum Gasteiger partial charge on any atom is -0.466 e. The average molecular weight is 251 g/mol. The van der Waals surface area contributed by atoms with Gasteiger partial charge in [-0.15, -0.1) is 0 Å². The Morgan fingerprint density at radius 2 is 2.28 bits per heavy atom. The Morgan fingerprint density at radius 3 is 3.00 bits per heavy atom. The molecule has 0 amide bonds. The van der Waals surface area contributed by atoms with Gasteiger partial charge in [-0.1, -0.05) is 12.2 Å². The molecule has 4 nitrogen and oxygen atoms in total. The number of hydrogen-bond donors (Lipinski definition) is 0. The summed E-state index contributed by atoms with van der Waals surface area (Å²) in [5.41, 5.74) is 1.94. The molecule has 0 fully saturated rings. The van der Waals surface area contributed by atoms with Crippen molar-refractivity contribution in [3.63, 3.8) is 0 Å². The first-order valence-electron chi connectivity index (χ1n) is 6.61. The van der Waals surface area contributed by atoms with E-state index in [-0.39, 0.29) is 12.2 Å². The second-order valence-electron chi connectivity index (χ2n) is 4.53. The van der Waals surface area contributed by atoms with Crippen molar-refractivity contribution >= 4 is 5.97 Å². The average Bonchev–Trinajstić information content (AvgIpc) is 2.64. The first-order valence-corrected chi connectivity index (χ1v) is 6.61. The number of fused-ring (bicyclic) bond motifs is 1. The lowest BCUT2D eigenvalue weighted by Crippen LogP contribution is -2.41. The van der Waals surface area contributed by atoms with Crippen LogP contribution in [0.25, 0.3) is 0 Å². The monoisotopic (exact) mass is 251 g/mol. The Kier molecular flexibility index (Phi) is 4.42. The Morgan fingerprint density at radius 1 is 1.44 bits per heavy atom. The highest BCUT2D eigenvalue weighted by Gasteiger charge is 2.31. The van der Waals surface area contributed by atoms with Gasteiger partial charge in [0.1, 0.15) is 6.23 Å². The number of rotatable bonds is 3. The smallest absolute Gasteiger partial charge is 0.335 e. The molecule has 100 valence electrons. The maximum absolute atomic E-state index is 11.8. The number of ether oxygens (including phenoxy) is 2. The van der Waals surface area contributed by atoms with E-state index in [4.69, 9.17) is 9.47 Å². The molecule has 2 aliphatic rings. The number of methoxy groups -OCH3 is 1. The molecular formula is C14H21NO3. The summed E-state index contributed by atoms with van der Waals surface area (Å²) in [5.74, 6) is -0.188. The van der Waals surface area contributed by atoms with E-state index >= 15 is 0 Å². The lowest BCUT2D eigenvalue weighted by molar-refractivity contribution is -0.137. The summed E-state index contributed by atoms with van der Waals surface area (Å²) in [6.45, 7) is 3.53. The Hall–Kier alpha value is -1.29. The summed E-state index contributed by atoms with van der Waals surface area (Å²) in [7, 11) is 1.45. The molecule has 0 saturated carbocycles. The topological polar surface area (TPSA) is 38.8 Å². The predicted molar refractivity (Wildman–Crippen MR) is 68.8 cm³/mol. The molecule has 0 spiro atoms. The fraction of sp³-hybridized carbons (Fsp3) is 0.643. The third kappa shape index (κ3) is 2.58. The number of carbonyl (C=O) groups is 1. The fourth-order valence-electron chi connectivity index (χ4n) is 2.67. The number of hydrogen-bond acceptors (Lipinski definition) is 4. The quantitative estimate of drug-likeness (QED) is 0.569. The molecule has 0 saturated heterocycles. The van der Waals surface area contributed by atoms with E-state index in [0.717, 1.165) is 43.5 Å². The molecule has 0 aromatic carbocycles. The Balaban J connectivity index is 2.29. The highest BCUT2D eigenvalue weighted by atomic mass is 16.5. The summed E-state index contributed by atoms with van der Waals surface area (Å²) >= 11 is 0. The molecule has 2 heterocycles. The van der Waals surface area contributed by atoms with E-state index < -0.39 is 0 Å². The molecule has 0 N–H and O–H groups in total. The van der Waals surface area contributed by atoms with Crippen LogP contribution in [0.1, 0.15) is 32.6 Å².